The molecule has 4 nitrogen and oxygen atoms in total. The van der Waals surface area contributed by atoms with Crippen molar-refractivity contribution in [3.8, 4) is 11.1 Å². The van der Waals surface area contributed by atoms with Crippen LogP contribution >= 0.6 is 0 Å². The molecule has 0 N–H and O–H groups in total. The van der Waals surface area contributed by atoms with Crippen LogP contribution < -0.4 is 0 Å². The van der Waals surface area contributed by atoms with Crippen molar-refractivity contribution < 1.29 is 14.3 Å². The van der Waals surface area contributed by atoms with Crippen LogP contribution in [0.2, 0.25) is 0 Å². The summed E-state index contributed by atoms with van der Waals surface area (Å²) in [4.78, 5) is 14.5. The summed E-state index contributed by atoms with van der Waals surface area (Å²) in [5.41, 5.74) is 4.47. The second-order valence-corrected chi connectivity index (χ2v) is 5.93. The molecule has 0 spiro atoms. The second kappa shape index (κ2) is 6.14. The van der Waals surface area contributed by atoms with Gasteiger partial charge in [0.15, 0.2) is 6.10 Å². The summed E-state index contributed by atoms with van der Waals surface area (Å²) in [5.74, 6) is -0.177. The maximum absolute atomic E-state index is 12.4. The van der Waals surface area contributed by atoms with Gasteiger partial charge in [0.25, 0.3) is 0 Å². The molecule has 1 heterocycles. The normalized spacial score (nSPS) is 17.6. The third-order valence-electron chi connectivity index (χ3n) is 4.48. The van der Waals surface area contributed by atoms with Gasteiger partial charge in [0.2, 0.25) is 0 Å². The Hall–Kier alpha value is -2.17. The van der Waals surface area contributed by atoms with E-state index in [0.29, 0.717) is 19.8 Å². The molecule has 0 radical (unpaired) electrons. The average molecular weight is 309 g/mol. The predicted octanol–water partition coefficient (Wildman–Crippen LogP) is 2.63. The van der Waals surface area contributed by atoms with E-state index in [2.05, 4.69) is 17.0 Å². The van der Waals surface area contributed by atoms with E-state index in [1.807, 2.05) is 36.4 Å². The van der Waals surface area contributed by atoms with Crippen LogP contribution in [0.3, 0.4) is 0 Å². The van der Waals surface area contributed by atoms with Crippen LogP contribution in [0.25, 0.3) is 11.1 Å². The van der Waals surface area contributed by atoms with Crippen LogP contribution in [-0.4, -0.2) is 43.7 Å². The monoisotopic (exact) mass is 309 g/mol. The van der Waals surface area contributed by atoms with Gasteiger partial charge in [-0.05, 0) is 11.1 Å². The van der Waals surface area contributed by atoms with Crippen molar-refractivity contribution >= 4 is 5.97 Å². The first-order valence-corrected chi connectivity index (χ1v) is 8.01. The van der Waals surface area contributed by atoms with Gasteiger partial charge >= 0.3 is 5.97 Å². The first kappa shape index (κ1) is 14.4. The lowest BCUT2D eigenvalue weighted by molar-refractivity contribution is -0.149. The number of fused-ring (bicyclic) bond motifs is 3. The molecule has 2 aromatic rings. The Morgan fingerprint density at radius 2 is 1.57 bits per heavy atom. The first-order chi connectivity index (χ1) is 11.3. The van der Waals surface area contributed by atoms with E-state index >= 15 is 0 Å². The number of morpholine rings is 1. The van der Waals surface area contributed by atoms with Gasteiger partial charge in [-0.2, -0.15) is 0 Å². The summed E-state index contributed by atoms with van der Waals surface area (Å²) in [6, 6.07) is 16.3. The molecule has 0 saturated carbocycles. The molecule has 0 amide bonds. The smallest absolute Gasteiger partial charge is 0.321 e. The number of hydrogen-bond donors (Lipinski definition) is 0. The summed E-state index contributed by atoms with van der Waals surface area (Å²) in [6.45, 7) is 3.26. The van der Waals surface area contributed by atoms with Gasteiger partial charge in [-0.25, -0.2) is 0 Å². The molecule has 4 heteroatoms. The highest BCUT2D eigenvalue weighted by Gasteiger charge is 2.31. The Morgan fingerprint density at radius 1 is 1.00 bits per heavy atom. The molecule has 118 valence electrons. The Kier molecular flexibility index (Phi) is 3.85. The van der Waals surface area contributed by atoms with Crippen molar-refractivity contribution in [3.05, 3.63) is 59.7 Å². The summed E-state index contributed by atoms with van der Waals surface area (Å²) in [5, 5.41) is 0. The fourth-order valence-electron chi connectivity index (χ4n) is 3.35. The number of nitrogens with zero attached hydrogens (tertiary/aromatic N) is 1. The van der Waals surface area contributed by atoms with Crippen LogP contribution in [0, 0.1) is 0 Å². The standard InChI is InChI=1S/C19H19NO3/c21-18(13-20-9-11-22-12-10-20)23-19-16-7-3-1-5-14(16)15-6-2-4-8-17(15)19/h1-8,19H,9-13H2. The van der Waals surface area contributed by atoms with E-state index in [-0.39, 0.29) is 12.1 Å². The van der Waals surface area contributed by atoms with Crippen LogP contribution in [0.4, 0.5) is 0 Å². The zero-order valence-corrected chi connectivity index (χ0v) is 12.9. The van der Waals surface area contributed by atoms with Crippen molar-refractivity contribution in [3.63, 3.8) is 0 Å². The van der Waals surface area contributed by atoms with Gasteiger partial charge in [0.1, 0.15) is 0 Å². The highest BCUT2D eigenvalue weighted by atomic mass is 16.5. The summed E-state index contributed by atoms with van der Waals surface area (Å²) >= 11 is 0. The van der Waals surface area contributed by atoms with Gasteiger partial charge in [0.05, 0.1) is 19.8 Å². The molecule has 1 fully saturated rings. The maximum atomic E-state index is 12.4. The summed E-state index contributed by atoms with van der Waals surface area (Å²) < 4.78 is 11.2. The van der Waals surface area contributed by atoms with Gasteiger partial charge in [-0.3, -0.25) is 9.69 Å². The molecule has 2 aliphatic rings. The molecule has 1 saturated heterocycles. The van der Waals surface area contributed by atoms with Crippen LogP contribution in [0.1, 0.15) is 17.2 Å². The molecule has 23 heavy (non-hydrogen) atoms. The molecule has 2 aromatic carbocycles. The molecule has 0 unspecified atom stereocenters. The van der Waals surface area contributed by atoms with Crippen molar-refractivity contribution in [2.45, 2.75) is 6.10 Å². The topological polar surface area (TPSA) is 38.8 Å². The minimum atomic E-state index is -0.295. The van der Waals surface area contributed by atoms with Crippen molar-refractivity contribution in [1.82, 2.24) is 4.90 Å². The molecule has 0 aromatic heterocycles. The predicted molar refractivity (Wildman–Crippen MR) is 87.1 cm³/mol. The molecule has 1 aliphatic carbocycles. The van der Waals surface area contributed by atoms with Gasteiger partial charge in [-0.1, -0.05) is 48.5 Å². The number of carbonyl (C=O) groups excluding carboxylic acids is 1. The van der Waals surface area contributed by atoms with Crippen molar-refractivity contribution in [2.75, 3.05) is 32.8 Å². The highest BCUT2D eigenvalue weighted by molar-refractivity contribution is 5.80. The molecule has 4 rings (SSSR count). The second-order valence-electron chi connectivity index (χ2n) is 5.93. The molecule has 0 atom stereocenters. The molecular weight excluding hydrogens is 290 g/mol. The fourth-order valence-corrected chi connectivity index (χ4v) is 3.35. The van der Waals surface area contributed by atoms with E-state index in [1.165, 1.54) is 0 Å². The maximum Gasteiger partial charge on any atom is 0.321 e. The van der Waals surface area contributed by atoms with E-state index in [0.717, 1.165) is 35.3 Å². The number of carbonyl (C=O) groups is 1. The lowest BCUT2D eigenvalue weighted by Gasteiger charge is -2.26. The van der Waals surface area contributed by atoms with Gasteiger partial charge < -0.3 is 9.47 Å². The SMILES string of the molecule is O=C(CN1CCOCC1)OC1c2ccccc2-c2ccccc21. The number of esters is 1. The minimum Gasteiger partial charge on any atom is -0.452 e. The van der Waals surface area contributed by atoms with E-state index in [1.54, 1.807) is 0 Å². The first-order valence-electron chi connectivity index (χ1n) is 8.01. The minimum absolute atomic E-state index is 0.177. The quantitative estimate of drug-likeness (QED) is 0.817. The number of hydrogen-bond acceptors (Lipinski definition) is 4. The van der Waals surface area contributed by atoms with Crippen molar-refractivity contribution in [2.24, 2.45) is 0 Å². The Bertz CT molecular complexity index is 677. The van der Waals surface area contributed by atoms with Crippen LogP contribution in [-0.2, 0) is 14.3 Å². The largest absolute Gasteiger partial charge is 0.452 e. The molecule has 0 bridgehead atoms. The van der Waals surface area contributed by atoms with Gasteiger partial charge in [0, 0.05) is 24.2 Å². The molecule has 1 aliphatic heterocycles. The number of rotatable bonds is 3. The Balaban J connectivity index is 1.55. The third-order valence-corrected chi connectivity index (χ3v) is 4.48. The van der Waals surface area contributed by atoms with Crippen LogP contribution in [0.5, 0.6) is 0 Å². The highest BCUT2D eigenvalue weighted by Crippen LogP contribution is 2.44. The number of ether oxygens (including phenoxy) is 2. The van der Waals surface area contributed by atoms with Crippen molar-refractivity contribution in [1.29, 1.82) is 0 Å². The Labute approximate surface area is 135 Å². The zero-order valence-electron chi connectivity index (χ0n) is 12.9. The molecular formula is C19H19NO3. The van der Waals surface area contributed by atoms with E-state index in [9.17, 15) is 4.79 Å². The van der Waals surface area contributed by atoms with E-state index < -0.39 is 0 Å². The lowest BCUT2D eigenvalue weighted by Crippen LogP contribution is -2.40. The number of benzene rings is 2. The van der Waals surface area contributed by atoms with Crippen LogP contribution in [0.15, 0.2) is 48.5 Å². The fraction of sp³-hybridized carbons (Fsp3) is 0.316. The van der Waals surface area contributed by atoms with E-state index in [4.69, 9.17) is 9.47 Å². The Morgan fingerprint density at radius 3 is 2.17 bits per heavy atom. The average Bonchev–Trinajstić information content (AvgIpc) is 2.90. The third kappa shape index (κ3) is 2.76. The summed E-state index contributed by atoms with van der Waals surface area (Å²) in [6.07, 6.45) is -0.295. The lowest BCUT2D eigenvalue weighted by atomic mass is 10.1. The zero-order chi connectivity index (χ0) is 15.6. The summed E-state index contributed by atoms with van der Waals surface area (Å²) in [7, 11) is 0. The van der Waals surface area contributed by atoms with Gasteiger partial charge in [-0.15, -0.1) is 0 Å².